The van der Waals surface area contributed by atoms with Gasteiger partial charge >= 0.3 is 21.1 Å². The summed E-state index contributed by atoms with van der Waals surface area (Å²) < 4.78 is 0. The van der Waals surface area contributed by atoms with Gasteiger partial charge in [-0.3, -0.25) is 9.97 Å². The van der Waals surface area contributed by atoms with E-state index in [2.05, 4.69) is 9.97 Å². The van der Waals surface area contributed by atoms with Crippen LogP contribution in [-0.2, 0) is 21.1 Å². The molecule has 2 aromatic heterocycles. The smallest absolute Gasteiger partial charge is 0.255 e. The summed E-state index contributed by atoms with van der Waals surface area (Å²) in [6, 6.07) is 11.6. The van der Waals surface area contributed by atoms with E-state index in [0.29, 0.717) is 0 Å². The van der Waals surface area contributed by atoms with E-state index in [1.807, 2.05) is 36.4 Å². The molecule has 0 amide bonds. The van der Waals surface area contributed by atoms with Crippen molar-refractivity contribution in [3.63, 3.8) is 0 Å². The summed E-state index contributed by atoms with van der Waals surface area (Å²) in [5.41, 5.74) is 1.83. The first-order valence-electron chi connectivity index (χ1n) is 3.79. The van der Waals surface area contributed by atoms with Crippen LogP contribution in [0.1, 0.15) is 0 Å². The quantitative estimate of drug-likeness (QED) is 0.787. The molecule has 0 aliphatic rings. The third-order valence-electron chi connectivity index (χ3n) is 1.59. The molecule has 0 fully saturated rings. The number of hydrogen-bond acceptors (Lipinski definition) is 2. The summed E-state index contributed by atoms with van der Waals surface area (Å²) in [7, 11) is 0. The van der Waals surface area contributed by atoms with Gasteiger partial charge in [-0.2, -0.15) is 0 Å². The van der Waals surface area contributed by atoms with Crippen molar-refractivity contribution in [2.75, 3.05) is 0 Å². The molecule has 2 nitrogen and oxygen atoms in total. The van der Waals surface area contributed by atoms with Gasteiger partial charge in [0.25, 0.3) is 0 Å². The first-order chi connectivity index (χ1) is 5.97. The molecule has 3 heteroatoms. The Hall–Kier alpha value is -1.01. The first-order valence-corrected chi connectivity index (χ1v) is 3.79. The molecule has 0 radical (unpaired) electrons. The second-order valence-electron chi connectivity index (χ2n) is 2.43. The number of hydrogen-bond donors (Lipinski definition) is 0. The third-order valence-corrected chi connectivity index (χ3v) is 1.59. The van der Waals surface area contributed by atoms with Crippen LogP contribution < -0.4 is 0 Å². The zero-order chi connectivity index (χ0) is 8.23. The molecule has 0 aliphatic carbocycles. The van der Waals surface area contributed by atoms with Crippen molar-refractivity contribution >= 4 is 0 Å². The van der Waals surface area contributed by atoms with E-state index in [1.165, 1.54) is 0 Å². The molecule has 0 saturated carbocycles. The van der Waals surface area contributed by atoms with Crippen LogP contribution in [0.4, 0.5) is 0 Å². The van der Waals surface area contributed by atoms with Crippen molar-refractivity contribution in [3.05, 3.63) is 48.8 Å². The van der Waals surface area contributed by atoms with Gasteiger partial charge in [-0.05, 0) is 24.3 Å². The van der Waals surface area contributed by atoms with E-state index in [4.69, 9.17) is 0 Å². The largest absolute Gasteiger partial charge is 2.00 e. The second kappa shape index (κ2) is 4.88. The number of pyridine rings is 2. The van der Waals surface area contributed by atoms with E-state index in [-0.39, 0.29) is 21.1 Å². The Kier molecular flexibility index (Phi) is 3.78. The van der Waals surface area contributed by atoms with Gasteiger partial charge in [0.05, 0.1) is 11.4 Å². The van der Waals surface area contributed by atoms with Gasteiger partial charge in [0.15, 0.2) is 0 Å². The van der Waals surface area contributed by atoms with Crippen molar-refractivity contribution in [3.8, 4) is 11.4 Å². The zero-order valence-corrected chi connectivity index (χ0v) is 9.10. The Morgan fingerprint density at radius 2 is 1.15 bits per heavy atom. The molecule has 0 N–H and O–H groups in total. The van der Waals surface area contributed by atoms with E-state index in [1.54, 1.807) is 12.4 Å². The Bertz CT molecular complexity index is 310. The van der Waals surface area contributed by atoms with Gasteiger partial charge in [-0.15, -0.1) is 0 Å². The average molecular weight is 351 g/mol. The summed E-state index contributed by atoms with van der Waals surface area (Å²) in [5.74, 6) is 0. The monoisotopic (exact) mass is 351 g/mol. The molecular weight excluding hydrogens is 343 g/mol. The molecule has 0 bridgehead atoms. The first kappa shape index (κ1) is 10.1. The van der Waals surface area contributed by atoms with Crippen molar-refractivity contribution in [2.45, 2.75) is 0 Å². The van der Waals surface area contributed by atoms with Gasteiger partial charge in [0.1, 0.15) is 0 Å². The summed E-state index contributed by atoms with van der Waals surface area (Å²) in [6.07, 6.45) is 3.54. The normalized spacial score (nSPS) is 8.92. The van der Waals surface area contributed by atoms with Crippen LogP contribution in [0, 0.1) is 0 Å². The fourth-order valence-electron chi connectivity index (χ4n) is 1.03. The zero-order valence-electron chi connectivity index (χ0n) is 6.83. The Morgan fingerprint density at radius 1 is 0.692 bits per heavy atom. The number of aromatic nitrogens is 2. The van der Waals surface area contributed by atoms with Crippen molar-refractivity contribution < 1.29 is 21.1 Å². The Morgan fingerprint density at radius 3 is 1.46 bits per heavy atom. The SMILES string of the molecule is [Pt+2].c1ccc(-c2ccccn2)nc1. The van der Waals surface area contributed by atoms with Gasteiger partial charge in [0, 0.05) is 12.4 Å². The van der Waals surface area contributed by atoms with Crippen LogP contribution in [-0.4, -0.2) is 9.97 Å². The van der Waals surface area contributed by atoms with E-state index < -0.39 is 0 Å². The molecule has 2 aromatic rings. The maximum atomic E-state index is 4.19. The number of rotatable bonds is 1. The van der Waals surface area contributed by atoms with E-state index in [0.717, 1.165) is 11.4 Å². The average Bonchev–Trinajstić information content (AvgIpc) is 2.21. The molecule has 0 spiro atoms. The fourth-order valence-corrected chi connectivity index (χ4v) is 1.03. The van der Waals surface area contributed by atoms with Crippen LogP contribution >= 0.6 is 0 Å². The third kappa shape index (κ3) is 2.46. The standard InChI is InChI=1S/C10H8N2.Pt/c1-3-7-11-9(5-1)10-6-2-4-8-12-10;/h1-8H;/q;+2. The number of nitrogens with zero attached hydrogens (tertiary/aromatic N) is 2. The molecule has 13 heavy (non-hydrogen) atoms. The van der Waals surface area contributed by atoms with E-state index in [9.17, 15) is 0 Å². The molecule has 0 aliphatic heterocycles. The molecule has 2 heterocycles. The van der Waals surface area contributed by atoms with E-state index >= 15 is 0 Å². The van der Waals surface area contributed by atoms with Crippen LogP contribution in [0.3, 0.4) is 0 Å². The summed E-state index contributed by atoms with van der Waals surface area (Å²) in [4.78, 5) is 8.37. The molecule has 2 rings (SSSR count). The molecular formula is C10H8N2Pt+2. The van der Waals surface area contributed by atoms with Crippen molar-refractivity contribution in [1.82, 2.24) is 9.97 Å². The molecule has 0 unspecified atom stereocenters. The molecule has 0 atom stereocenters. The molecule has 66 valence electrons. The second-order valence-corrected chi connectivity index (χ2v) is 2.43. The minimum absolute atomic E-state index is 0. The minimum Gasteiger partial charge on any atom is -0.255 e. The predicted molar refractivity (Wildman–Crippen MR) is 47.5 cm³/mol. The van der Waals surface area contributed by atoms with Crippen LogP contribution in [0.15, 0.2) is 48.8 Å². The van der Waals surface area contributed by atoms with Crippen molar-refractivity contribution in [1.29, 1.82) is 0 Å². The fraction of sp³-hybridized carbons (Fsp3) is 0. The topological polar surface area (TPSA) is 25.8 Å². The summed E-state index contributed by atoms with van der Waals surface area (Å²) >= 11 is 0. The maximum absolute atomic E-state index is 4.19. The van der Waals surface area contributed by atoms with Crippen LogP contribution in [0.25, 0.3) is 11.4 Å². The van der Waals surface area contributed by atoms with Crippen molar-refractivity contribution in [2.24, 2.45) is 0 Å². The summed E-state index contributed by atoms with van der Waals surface area (Å²) in [6.45, 7) is 0. The predicted octanol–water partition coefficient (Wildman–Crippen LogP) is 2.14. The van der Waals surface area contributed by atoms with Crippen LogP contribution in [0.2, 0.25) is 0 Å². The molecule has 0 saturated heterocycles. The van der Waals surface area contributed by atoms with Gasteiger partial charge in [-0.25, -0.2) is 0 Å². The Balaban J connectivity index is 0.000000845. The Labute approximate surface area is 91.3 Å². The maximum Gasteiger partial charge on any atom is 2.00 e. The minimum atomic E-state index is 0. The summed E-state index contributed by atoms with van der Waals surface area (Å²) in [5, 5.41) is 0. The van der Waals surface area contributed by atoms with Gasteiger partial charge < -0.3 is 0 Å². The van der Waals surface area contributed by atoms with Crippen LogP contribution in [0.5, 0.6) is 0 Å². The van der Waals surface area contributed by atoms with Gasteiger partial charge in [-0.1, -0.05) is 12.1 Å². The molecule has 0 aromatic carbocycles. The van der Waals surface area contributed by atoms with Gasteiger partial charge in [0.2, 0.25) is 0 Å².